The Morgan fingerprint density at radius 1 is 1.29 bits per heavy atom. The molecule has 3 atom stereocenters. The zero-order valence-corrected chi connectivity index (χ0v) is 16.5. The standard InChI is InChI=1S/C19H24ClN5O3/c1-11-5-4-6-14(11)25-16-12(9-13(20)17(25)26)10-21-18(23-16)22-15-7-2-3-8-24(15)19(27)28/h9-11,14-15H,2-8H2,1H3,(H,27,28)(H,21,22,23). The van der Waals surface area contributed by atoms with Crippen molar-refractivity contribution < 1.29 is 9.90 Å². The molecule has 0 spiro atoms. The van der Waals surface area contributed by atoms with E-state index in [4.69, 9.17) is 11.6 Å². The molecule has 2 fully saturated rings. The van der Waals surface area contributed by atoms with Crippen LogP contribution in [0.15, 0.2) is 17.1 Å². The molecule has 1 saturated heterocycles. The first kappa shape index (κ1) is 19.0. The molecule has 8 nitrogen and oxygen atoms in total. The minimum atomic E-state index is -0.957. The third kappa shape index (κ3) is 3.41. The van der Waals surface area contributed by atoms with Gasteiger partial charge in [-0.2, -0.15) is 4.98 Å². The van der Waals surface area contributed by atoms with Crippen LogP contribution in [0.5, 0.6) is 0 Å². The molecule has 1 aliphatic carbocycles. The largest absolute Gasteiger partial charge is 0.465 e. The molecular weight excluding hydrogens is 382 g/mol. The number of piperidine rings is 1. The van der Waals surface area contributed by atoms with Crippen molar-refractivity contribution in [3.05, 3.63) is 27.6 Å². The highest BCUT2D eigenvalue weighted by atomic mass is 35.5. The van der Waals surface area contributed by atoms with Crippen LogP contribution < -0.4 is 10.9 Å². The highest BCUT2D eigenvalue weighted by molar-refractivity contribution is 6.31. The van der Waals surface area contributed by atoms with E-state index in [2.05, 4.69) is 22.2 Å². The average molecular weight is 406 g/mol. The van der Waals surface area contributed by atoms with Crippen molar-refractivity contribution in [1.29, 1.82) is 0 Å². The van der Waals surface area contributed by atoms with Gasteiger partial charge in [0, 0.05) is 24.2 Å². The molecule has 1 aliphatic heterocycles. The van der Waals surface area contributed by atoms with Crippen LogP contribution in [0.25, 0.3) is 11.0 Å². The normalized spacial score (nSPS) is 25.2. The summed E-state index contributed by atoms with van der Waals surface area (Å²) in [4.78, 5) is 34.6. The number of hydrogen-bond donors (Lipinski definition) is 2. The first-order chi connectivity index (χ1) is 13.5. The van der Waals surface area contributed by atoms with Gasteiger partial charge in [-0.1, -0.05) is 24.9 Å². The number of rotatable bonds is 3. The van der Waals surface area contributed by atoms with Crippen molar-refractivity contribution in [2.45, 2.75) is 57.7 Å². The van der Waals surface area contributed by atoms with Crippen molar-refractivity contribution in [2.75, 3.05) is 11.9 Å². The number of carboxylic acid groups (broad SMARTS) is 1. The van der Waals surface area contributed by atoms with Crippen LogP contribution >= 0.6 is 11.6 Å². The Morgan fingerprint density at radius 2 is 2.11 bits per heavy atom. The summed E-state index contributed by atoms with van der Waals surface area (Å²) in [7, 11) is 0. The van der Waals surface area contributed by atoms with Crippen LogP contribution in [0.1, 0.15) is 51.5 Å². The Morgan fingerprint density at radius 3 is 2.82 bits per heavy atom. The fraction of sp³-hybridized carbons (Fsp3) is 0.579. The van der Waals surface area contributed by atoms with Gasteiger partial charge < -0.3 is 10.4 Å². The smallest absolute Gasteiger partial charge is 0.408 e. The highest BCUT2D eigenvalue weighted by Crippen LogP contribution is 2.36. The minimum Gasteiger partial charge on any atom is -0.465 e. The van der Waals surface area contributed by atoms with Crippen LogP contribution in [0.2, 0.25) is 5.02 Å². The summed E-state index contributed by atoms with van der Waals surface area (Å²) < 4.78 is 1.71. The van der Waals surface area contributed by atoms with E-state index in [1.54, 1.807) is 16.8 Å². The van der Waals surface area contributed by atoms with Crippen LogP contribution in [0.3, 0.4) is 0 Å². The summed E-state index contributed by atoms with van der Waals surface area (Å²) >= 11 is 6.19. The predicted octanol–water partition coefficient (Wildman–Crippen LogP) is 3.71. The Bertz CT molecular complexity index is 962. The molecule has 0 bridgehead atoms. The second kappa shape index (κ2) is 7.58. The van der Waals surface area contributed by atoms with Crippen molar-refractivity contribution >= 4 is 34.7 Å². The number of anilines is 1. The summed E-state index contributed by atoms with van der Waals surface area (Å²) in [6, 6.07) is 1.66. The van der Waals surface area contributed by atoms with E-state index in [1.807, 2.05) is 0 Å². The Labute approximate surface area is 167 Å². The zero-order valence-electron chi connectivity index (χ0n) is 15.8. The Hall–Kier alpha value is -2.35. The van der Waals surface area contributed by atoms with Gasteiger partial charge in [-0.25, -0.2) is 9.78 Å². The molecular formula is C19H24ClN5O3. The van der Waals surface area contributed by atoms with Gasteiger partial charge in [0.05, 0.1) is 0 Å². The molecule has 0 aromatic carbocycles. The number of fused-ring (bicyclic) bond motifs is 1. The van der Waals surface area contributed by atoms with E-state index >= 15 is 0 Å². The third-order valence-corrected chi connectivity index (χ3v) is 6.19. The molecule has 2 aliphatic rings. The van der Waals surface area contributed by atoms with Gasteiger partial charge >= 0.3 is 6.09 Å². The first-order valence-electron chi connectivity index (χ1n) is 9.79. The predicted molar refractivity (Wildman–Crippen MR) is 107 cm³/mol. The number of amides is 1. The number of halogens is 1. The van der Waals surface area contributed by atoms with Crippen LogP contribution in [0.4, 0.5) is 10.7 Å². The molecule has 1 saturated carbocycles. The molecule has 1 amide bonds. The number of carbonyl (C=O) groups is 1. The van der Waals surface area contributed by atoms with E-state index in [0.717, 1.165) is 32.1 Å². The second-order valence-corrected chi connectivity index (χ2v) is 8.15. The van der Waals surface area contributed by atoms with Gasteiger partial charge in [-0.15, -0.1) is 0 Å². The second-order valence-electron chi connectivity index (χ2n) is 7.75. The lowest BCUT2D eigenvalue weighted by molar-refractivity contribution is 0.114. The fourth-order valence-corrected chi connectivity index (χ4v) is 4.64. The van der Waals surface area contributed by atoms with Gasteiger partial charge in [0.25, 0.3) is 5.56 Å². The maximum Gasteiger partial charge on any atom is 0.408 e. The summed E-state index contributed by atoms with van der Waals surface area (Å²) in [6.45, 7) is 2.63. The number of nitrogens with one attached hydrogen (secondary N) is 1. The van der Waals surface area contributed by atoms with E-state index in [1.165, 1.54) is 4.90 Å². The molecule has 2 aromatic rings. The Kier molecular flexibility index (Phi) is 5.14. The lowest BCUT2D eigenvalue weighted by Crippen LogP contribution is -2.47. The fourth-order valence-electron chi connectivity index (χ4n) is 4.43. The number of pyridine rings is 1. The quantitative estimate of drug-likeness (QED) is 0.807. The van der Waals surface area contributed by atoms with Crippen molar-refractivity contribution in [3.63, 3.8) is 0 Å². The molecule has 0 radical (unpaired) electrons. The number of aromatic nitrogens is 3. The lowest BCUT2D eigenvalue weighted by atomic mass is 10.1. The molecule has 3 unspecified atom stereocenters. The molecule has 4 rings (SSSR count). The number of likely N-dealkylation sites (tertiary alicyclic amines) is 1. The third-order valence-electron chi connectivity index (χ3n) is 5.92. The maximum atomic E-state index is 12.8. The van der Waals surface area contributed by atoms with Gasteiger partial charge in [0.15, 0.2) is 0 Å². The molecule has 28 heavy (non-hydrogen) atoms. The van der Waals surface area contributed by atoms with Crippen molar-refractivity contribution in [1.82, 2.24) is 19.4 Å². The molecule has 2 N–H and O–H groups in total. The van der Waals surface area contributed by atoms with E-state index in [9.17, 15) is 14.7 Å². The van der Waals surface area contributed by atoms with E-state index < -0.39 is 6.09 Å². The number of nitrogens with zero attached hydrogens (tertiary/aromatic N) is 4. The van der Waals surface area contributed by atoms with Crippen molar-refractivity contribution in [2.24, 2.45) is 5.92 Å². The van der Waals surface area contributed by atoms with Gasteiger partial charge in [-0.05, 0) is 44.1 Å². The van der Waals surface area contributed by atoms with E-state index in [-0.39, 0.29) is 22.8 Å². The molecule has 2 aromatic heterocycles. The van der Waals surface area contributed by atoms with Gasteiger partial charge in [0.2, 0.25) is 5.95 Å². The van der Waals surface area contributed by atoms with E-state index in [0.29, 0.717) is 35.9 Å². The van der Waals surface area contributed by atoms with Crippen LogP contribution in [0, 0.1) is 5.92 Å². The van der Waals surface area contributed by atoms with Crippen molar-refractivity contribution in [3.8, 4) is 0 Å². The Balaban J connectivity index is 1.74. The number of hydrogen-bond acceptors (Lipinski definition) is 5. The van der Waals surface area contributed by atoms with Crippen LogP contribution in [-0.2, 0) is 0 Å². The monoisotopic (exact) mass is 405 g/mol. The minimum absolute atomic E-state index is 0.0571. The highest BCUT2D eigenvalue weighted by Gasteiger charge is 2.29. The maximum absolute atomic E-state index is 12.8. The lowest BCUT2D eigenvalue weighted by Gasteiger charge is -2.33. The molecule has 150 valence electrons. The SMILES string of the molecule is CC1CCCC1n1c(=O)c(Cl)cc2cnc(NC3CCCCN3C(=O)O)nc21. The topological polar surface area (TPSA) is 100 Å². The van der Waals surface area contributed by atoms with Crippen LogP contribution in [-0.4, -0.2) is 43.3 Å². The summed E-state index contributed by atoms with van der Waals surface area (Å²) in [5.74, 6) is 0.693. The first-order valence-corrected chi connectivity index (χ1v) is 10.2. The zero-order chi connectivity index (χ0) is 19.8. The average Bonchev–Trinajstić information content (AvgIpc) is 3.09. The molecule has 9 heteroatoms. The summed E-state index contributed by atoms with van der Waals surface area (Å²) in [6.07, 6.45) is 5.84. The van der Waals surface area contributed by atoms with Gasteiger partial charge in [-0.3, -0.25) is 14.3 Å². The molecule has 3 heterocycles. The van der Waals surface area contributed by atoms with Gasteiger partial charge in [0.1, 0.15) is 16.8 Å². The summed E-state index contributed by atoms with van der Waals surface area (Å²) in [5.41, 5.74) is 0.311. The summed E-state index contributed by atoms with van der Waals surface area (Å²) in [5, 5.41) is 13.4.